The third-order valence-corrected chi connectivity index (χ3v) is 2.48. The molecule has 1 aromatic carbocycles. The van der Waals surface area contributed by atoms with Crippen molar-refractivity contribution < 1.29 is 9.94 Å². The SMILES string of the molecule is Cc1cc(C)cc(Oc2nnccc2/C(N)=N/O)c1. The average Bonchev–Trinajstić information content (AvgIpc) is 2.37. The Morgan fingerprint density at radius 1 is 1.26 bits per heavy atom. The van der Waals surface area contributed by atoms with E-state index in [9.17, 15) is 0 Å². The summed E-state index contributed by atoms with van der Waals surface area (Å²) in [6.07, 6.45) is 1.45. The lowest BCUT2D eigenvalue weighted by atomic mass is 10.1. The molecule has 0 aliphatic heterocycles. The molecule has 2 rings (SSSR count). The van der Waals surface area contributed by atoms with E-state index >= 15 is 0 Å². The molecule has 0 saturated carbocycles. The van der Waals surface area contributed by atoms with E-state index in [0.29, 0.717) is 11.3 Å². The number of hydrogen-bond donors (Lipinski definition) is 2. The Hall–Kier alpha value is -2.63. The van der Waals surface area contributed by atoms with Gasteiger partial charge in [0.1, 0.15) is 5.75 Å². The van der Waals surface area contributed by atoms with Crippen LogP contribution in [0.5, 0.6) is 11.6 Å². The Morgan fingerprint density at radius 2 is 1.95 bits per heavy atom. The van der Waals surface area contributed by atoms with E-state index in [1.165, 1.54) is 6.20 Å². The van der Waals surface area contributed by atoms with Crippen LogP contribution in [0.25, 0.3) is 0 Å². The van der Waals surface area contributed by atoms with Crippen molar-refractivity contribution in [1.29, 1.82) is 0 Å². The number of nitrogens with zero attached hydrogens (tertiary/aromatic N) is 3. The van der Waals surface area contributed by atoms with Gasteiger partial charge in [0.2, 0.25) is 5.88 Å². The predicted octanol–water partition coefficient (Wildman–Crippen LogP) is 1.98. The Balaban J connectivity index is 2.38. The smallest absolute Gasteiger partial charge is 0.250 e. The van der Waals surface area contributed by atoms with E-state index in [0.717, 1.165) is 11.1 Å². The highest BCUT2D eigenvalue weighted by molar-refractivity contribution is 5.98. The summed E-state index contributed by atoms with van der Waals surface area (Å²) >= 11 is 0. The summed E-state index contributed by atoms with van der Waals surface area (Å²) < 4.78 is 5.65. The Labute approximate surface area is 110 Å². The molecule has 6 nitrogen and oxygen atoms in total. The summed E-state index contributed by atoms with van der Waals surface area (Å²) in [5.41, 5.74) is 8.09. The van der Waals surface area contributed by atoms with Gasteiger partial charge in [0, 0.05) is 0 Å². The highest BCUT2D eigenvalue weighted by Crippen LogP contribution is 2.24. The molecule has 0 saturated heterocycles. The van der Waals surface area contributed by atoms with E-state index < -0.39 is 0 Å². The van der Waals surface area contributed by atoms with Gasteiger partial charge < -0.3 is 15.7 Å². The number of hydrogen-bond acceptors (Lipinski definition) is 5. The molecule has 0 aliphatic rings. The second-order valence-electron chi connectivity index (χ2n) is 4.16. The molecule has 1 aromatic heterocycles. The van der Waals surface area contributed by atoms with Crippen LogP contribution in [0.2, 0.25) is 0 Å². The van der Waals surface area contributed by atoms with Crippen LogP contribution in [0, 0.1) is 13.8 Å². The minimum atomic E-state index is -0.0747. The van der Waals surface area contributed by atoms with Gasteiger partial charge in [0.25, 0.3) is 0 Å². The molecule has 0 atom stereocenters. The van der Waals surface area contributed by atoms with Crippen LogP contribution in [0.15, 0.2) is 35.6 Å². The van der Waals surface area contributed by atoms with Crippen molar-refractivity contribution in [2.75, 3.05) is 0 Å². The van der Waals surface area contributed by atoms with Crippen LogP contribution in [-0.4, -0.2) is 21.2 Å². The molecule has 19 heavy (non-hydrogen) atoms. The van der Waals surface area contributed by atoms with Gasteiger partial charge >= 0.3 is 0 Å². The van der Waals surface area contributed by atoms with Crippen molar-refractivity contribution in [3.05, 3.63) is 47.2 Å². The van der Waals surface area contributed by atoms with Crippen molar-refractivity contribution in [1.82, 2.24) is 10.2 Å². The van der Waals surface area contributed by atoms with Crippen LogP contribution < -0.4 is 10.5 Å². The van der Waals surface area contributed by atoms with E-state index in [-0.39, 0.29) is 11.7 Å². The monoisotopic (exact) mass is 258 g/mol. The molecule has 0 fully saturated rings. The molecule has 0 aliphatic carbocycles. The van der Waals surface area contributed by atoms with Gasteiger partial charge in [-0.15, -0.1) is 5.10 Å². The molecule has 0 radical (unpaired) electrons. The number of amidine groups is 1. The topological polar surface area (TPSA) is 93.6 Å². The summed E-state index contributed by atoms with van der Waals surface area (Å²) in [5, 5.41) is 19.3. The molecule has 0 bridgehead atoms. The van der Waals surface area contributed by atoms with Gasteiger partial charge in [-0.1, -0.05) is 11.2 Å². The zero-order valence-corrected chi connectivity index (χ0v) is 10.7. The Bertz CT molecular complexity index is 606. The minimum Gasteiger partial charge on any atom is -0.437 e. The van der Waals surface area contributed by atoms with E-state index in [4.69, 9.17) is 15.7 Å². The molecule has 0 unspecified atom stereocenters. The number of benzene rings is 1. The first-order chi connectivity index (χ1) is 9.10. The highest BCUT2D eigenvalue weighted by atomic mass is 16.5. The molecule has 2 aromatic rings. The number of ether oxygens (including phenoxy) is 1. The quantitative estimate of drug-likeness (QED) is 0.380. The number of nitrogens with two attached hydrogens (primary N) is 1. The maximum absolute atomic E-state index is 8.73. The second-order valence-corrected chi connectivity index (χ2v) is 4.16. The molecular formula is C13H14N4O2. The van der Waals surface area contributed by atoms with Crippen LogP contribution in [-0.2, 0) is 0 Å². The Morgan fingerprint density at radius 3 is 2.58 bits per heavy atom. The third-order valence-electron chi connectivity index (χ3n) is 2.48. The first kappa shape index (κ1) is 12.8. The zero-order valence-electron chi connectivity index (χ0n) is 10.7. The van der Waals surface area contributed by atoms with Gasteiger partial charge in [-0.3, -0.25) is 0 Å². The average molecular weight is 258 g/mol. The molecule has 1 heterocycles. The van der Waals surface area contributed by atoms with Crippen molar-refractivity contribution in [3.8, 4) is 11.6 Å². The number of aryl methyl sites for hydroxylation is 2. The normalized spacial score (nSPS) is 11.4. The number of rotatable bonds is 3. The standard InChI is InChI=1S/C13H14N4O2/c1-8-5-9(2)7-10(6-8)19-13-11(12(14)17-18)3-4-15-16-13/h3-7,18H,1-2H3,(H2,14,17). The highest BCUT2D eigenvalue weighted by Gasteiger charge is 2.11. The maximum Gasteiger partial charge on any atom is 0.250 e. The molecular weight excluding hydrogens is 244 g/mol. The van der Waals surface area contributed by atoms with Crippen LogP contribution in [0.1, 0.15) is 16.7 Å². The summed E-state index contributed by atoms with van der Waals surface area (Å²) in [4.78, 5) is 0. The fourth-order valence-electron chi connectivity index (χ4n) is 1.75. The lowest BCUT2D eigenvalue weighted by molar-refractivity contribution is 0.318. The summed E-state index contributed by atoms with van der Waals surface area (Å²) in [7, 11) is 0. The Kier molecular flexibility index (Phi) is 3.61. The number of oxime groups is 1. The third kappa shape index (κ3) is 2.98. The second kappa shape index (κ2) is 5.34. The first-order valence-electron chi connectivity index (χ1n) is 5.66. The molecule has 3 N–H and O–H groups in total. The summed E-state index contributed by atoms with van der Waals surface area (Å²) in [6, 6.07) is 7.35. The zero-order chi connectivity index (χ0) is 13.8. The fourth-order valence-corrected chi connectivity index (χ4v) is 1.75. The van der Waals surface area contributed by atoms with Crippen LogP contribution >= 0.6 is 0 Å². The van der Waals surface area contributed by atoms with Gasteiger partial charge in [0.05, 0.1) is 11.8 Å². The molecule has 98 valence electrons. The van der Waals surface area contributed by atoms with Crippen molar-refractivity contribution >= 4 is 5.84 Å². The number of aromatic nitrogens is 2. The van der Waals surface area contributed by atoms with Gasteiger partial charge in [-0.25, -0.2) is 0 Å². The molecule has 0 amide bonds. The molecule has 6 heteroatoms. The van der Waals surface area contributed by atoms with Gasteiger partial charge in [-0.05, 0) is 43.2 Å². The molecule has 0 spiro atoms. The van der Waals surface area contributed by atoms with Crippen molar-refractivity contribution in [3.63, 3.8) is 0 Å². The summed E-state index contributed by atoms with van der Waals surface area (Å²) in [5.74, 6) is 0.752. The predicted molar refractivity (Wildman–Crippen MR) is 70.5 cm³/mol. The minimum absolute atomic E-state index is 0.0747. The maximum atomic E-state index is 8.73. The largest absolute Gasteiger partial charge is 0.437 e. The fraction of sp³-hybridized carbons (Fsp3) is 0.154. The first-order valence-corrected chi connectivity index (χ1v) is 5.66. The van der Waals surface area contributed by atoms with Crippen molar-refractivity contribution in [2.45, 2.75) is 13.8 Å². The van der Waals surface area contributed by atoms with Crippen molar-refractivity contribution in [2.24, 2.45) is 10.9 Å². The van der Waals surface area contributed by atoms with Crippen LogP contribution in [0.3, 0.4) is 0 Å². The van der Waals surface area contributed by atoms with Gasteiger partial charge in [0.15, 0.2) is 5.84 Å². The van der Waals surface area contributed by atoms with Gasteiger partial charge in [-0.2, -0.15) is 5.10 Å². The summed E-state index contributed by atoms with van der Waals surface area (Å²) in [6.45, 7) is 3.95. The lowest BCUT2D eigenvalue weighted by Crippen LogP contribution is -2.15. The van der Waals surface area contributed by atoms with E-state index in [2.05, 4.69) is 15.4 Å². The van der Waals surface area contributed by atoms with E-state index in [1.54, 1.807) is 6.07 Å². The lowest BCUT2D eigenvalue weighted by Gasteiger charge is -2.09. The van der Waals surface area contributed by atoms with E-state index in [1.807, 2.05) is 32.0 Å². The van der Waals surface area contributed by atoms with Crippen LogP contribution in [0.4, 0.5) is 0 Å².